The molecule has 0 unspecified atom stereocenters. The maximum Gasteiger partial charge on any atom is 0.337 e. The van der Waals surface area contributed by atoms with Gasteiger partial charge in [0.25, 0.3) is 0 Å². The molecule has 0 atom stereocenters. The number of piperazine rings is 1. The van der Waals surface area contributed by atoms with Crippen molar-refractivity contribution in [3.63, 3.8) is 0 Å². The van der Waals surface area contributed by atoms with Crippen molar-refractivity contribution in [2.75, 3.05) is 38.2 Å². The number of rotatable bonds is 5. The maximum absolute atomic E-state index is 11.3. The number of carbonyl (C=O) groups is 1. The van der Waals surface area contributed by atoms with E-state index in [1.54, 1.807) is 37.7 Å². The second-order valence-electron chi connectivity index (χ2n) is 5.47. The minimum atomic E-state index is -0.943. The fourth-order valence-electron chi connectivity index (χ4n) is 2.67. The first kappa shape index (κ1) is 16.1. The maximum atomic E-state index is 11.3. The summed E-state index contributed by atoms with van der Waals surface area (Å²) in [7, 11) is 1.58. The van der Waals surface area contributed by atoms with Crippen molar-refractivity contribution in [3.8, 4) is 5.88 Å². The Kier molecular flexibility index (Phi) is 4.85. The van der Waals surface area contributed by atoms with Gasteiger partial charge in [0.05, 0.1) is 18.4 Å². The molecule has 0 radical (unpaired) electrons. The van der Waals surface area contributed by atoms with E-state index in [0.29, 0.717) is 24.1 Å². The smallest absolute Gasteiger partial charge is 0.337 e. The number of hydrogen-bond acceptors (Lipinski definition) is 7. The molecule has 2 aromatic rings. The first-order chi connectivity index (χ1) is 11.7. The molecular weight excluding hydrogens is 310 g/mol. The standard InChI is InChI=1S/C16H19N5O3/c1-24-14-4-6-18-16(19-14)21-9-7-20(8-10-21)11-13-12(15(22)23)3-2-5-17-13/h2-6H,7-11H2,1H3,(H,22,23). The number of hydrogen-bond donors (Lipinski definition) is 1. The normalized spacial score (nSPS) is 15.3. The van der Waals surface area contributed by atoms with Crippen LogP contribution in [0.25, 0.3) is 0 Å². The van der Waals surface area contributed by atoms with Crippen LogP contribution in [0.1, 0.15) is 16.1 Å². The zero-order chi connectivity index (χ0) is 16.9. The van der Waals surface area contributed by atoms with E-state index < -0.39 is 5.97 Å². The molecule has 3 heterocycles. The first-order valence-corrected chi connectivity index (χ1v) is 7.69. The molecule has 1 saturated heterocycles. The molecule has 1 aliphatic rings. The molecule has 0 aliphatic carbocycles. The number of methoxy groups -OCH3 is 1. The Morgan fingerprint density at radius 3 is 2.71 bits per heavy atom. The van der Waals surface area contributed by atoms with Gasteiger partial charge in [-0.15, -0.1) is 0 Å². The second kappa shape index (κ2) is 7.22. The zero-order valence-corrected chi connectivity index (χ0v) is 13.4. The number of aromatic carboxylic acids is 1. The molecule has 0 bridgehead atoms. The summed E-state index contributed by atoms with van der Waals surface area (Å²) in [5.74, 6) is 0.251. The Hall–Kier alpha value is -2.74. The highest BCUT2D eigenvalue weighted by Gasteiger charge is 2.21. The molecule has 24 heavy (non-hydrogen) atoms. The van der Waals surface area contributed by atoms with Crippen LogP contribution in [-0.4, -0.2) is 64.2 Å². The Morgan fingerprint density at radius 2 is 2.00 bits per heavy atom. The quantitative estimate of drug-likeness (QED) is 0.865. The van der Waals surface area contributed by atoms with E-state index in [-0.39, 0.29) is 5.56 Å². The van der Waals surface area contributed by atoms with Gasteiger partial charge in [-0.1, -0.05) is 0 Å². The Balaban J connectivity index is 1.62. The number of nitrogens with zero attached hydrogens (tertiary/aromatic N) is 5. The largest absolute Gasteiger partial charge is 0.481 e. The van der Waals surface area contributed by atoms with Crippen molar-refractivity contribution >= 4 is 11.9 Å². The molecule has 8 nitrogen and oxygen atoms in total. The molecule has 0 amide bonds. The first-order valence-electron chi connectivity index (χ1n) is 7.69. The van der Waals surface area contributed by atoms with Crippen molar-refractivity contribution in [1.82, 2.24) is 19.9 Å². The van der Waals surface area contributed by atoms with E-state index in [0.717, 1.165) is 26.2 Å². The summed E-state index contributed by atoms with van der Waals surface area (Å²) in [6, 6.07) is 4.95. The van der Waals surface area contributed by atoms with Gasteiger partial charge in [-0.3, -0.25) is 9.88 Å². The lowest BCUT2D eigenvalue weighted by Gasteiger charge is -2.34. The van der Waals surface area contributed by atoms with Crippen LogP contribution < -0.4 is 9.64 Å². The third-order valence-electron chi connectivity index (χ3n) is 3.98. The molecule has 0 spiro atoms. The van der Waals surface area contributed by atoms with E-state index in [1.807, 2.05) is 0 Å². The molecule has 3 rings (SSSR count). The molecule has 126 valence electrons. The summed E-state index contributed by atoms with van der Waals surface area (Å²) in [5, 5.41) is 9.24. The highest BCUT2D eigenvalue weighted by molar-refractivity contribution is 5.88. The van der Waals surface area contributed by atoms with E-state index >= 15 is 0 Å². The van der Waals surface area contributed by atoms with Gasteiger partial charge in [-0.05, 0) is 12.1 Å². The summed E-state index contributed by atoms with van der Waals surface area (Å²) >= 11 is 0. The van der Waals surface area contributed by atoms with Crippen molar-refractivity contribution in [1.29, 1.82) is 0 Å². The molecule has 0 aromatic carbocycles. The highest BCUT2D eigenvalue weighted by atomic mass is 16.5. The third-order valence-corrected chi connectivity index (χ3v) is 3.98. The minimum absolute atomic E-state index is 0.260. The van der Waals surface area contributed by atoms with Gasteiger partial charge in [-0.25, -0.2) is 9.78 Å². The SMILES string of the molecule is COc1ccnc(N2CCN(Cc3ncccc3C(=O)O)CC2)n1. The topological polar surface area (TPSA) is 91.7 Å². The van der Waals surface area contributed by atoms with Crippen LogP contribution in [0.15, 0.2) is 30.6 Å². The lowest BCUT2D eigenvalue weighted by Crippen LogP contribution is -2.46. The molecule has 8 heteroatoms. The van der Waals surface area contributed by atoms with Gasteiger partial charge in [-0.2, -0.15) is 4.98 Å². The van der Waals surface area contributed by atoms with Crippen LogP contribution in [0.2, 0.25) is 0 Å². The van der Waals surface area contributed by atoms with Crippen molar-refractivity contribution < 1.29 is 14.6 Å². The molecule has 1 N–H and O–H groups in total. The van der Waals surface area contributed by atoms with Crippen LogP contribution >= 0.6 is 0 Å². The number of aromatic nitrogens is 3. The second-order valence-corrected chi connectivity index (χ2v) is 5.47. The van der Waals surface area contributed by atoms with Crippen molar-refractivity contribution in [2.45, 2.75) is 6.54 Å². The summed E-state index contributed by atoms with van der Waals surface area (Å²) in [5.41, 5.74) is 0.854. The van der Waals surface area contributed by atoms with Gasteiger partial charge >= 0.3 is 5.97 Å². The monoisotopic (exact) mass is 329 g/mol. The van der Waals surface area contributed by atoms with Gasteiger partial charge < -0.3 is 14.7 Å². The predicted molar refractivity (Wildman–Crippen MR) is 87.3 cm³/mol. The predicted octanol–water partition coefficient (Wildman–Crippen LogP) is 0.901. The summed E-state index contributed by atoms with van der Waals surface area (Å²) in [4.78, 5) is 28.4. The zero-order valence-electron chi connectivity index (χ0n) is 13.4. The summed E-state index contributed by atoms with van der Waals surface area (Å²) in [6.45, 7) is 3.63. The Labute approximate surface area is 139 Å². The van der Waals surface area contributed by atoms with E-state index in [4.69, 9.17) is 4.74 Å². The molecular formula is C16H19N5O3. The Morgan fingerprint density at radius 1 is 1.21 bits per heavy atom. The highest BCUT2D eigenvalue weighted by Crippen LogP contribution is 2.16. The van der Waals surface area contributed by atoms with Gasteiger partial charge in [0.1, 0.15) is 0 Å². The number of ether oxygens (including phenoxy) is 1. The average Bonchev–Trinajstić information content (AvgIpc) is 2.62. The van der Waals surface area contributed by atoms with Crippen LogP contribution in [-0.2, 0) is 6.54 Å². The fraction of sp³-hybridized carbons (Fsp3) is 0.375. The van der Waals surface area contributed by atoms with E-state index in [2.05, 4.69) is 24.8 Å². The van der Waals surface area contributed by atoms with Crippen LogP contribution in [0.3, 0.4) is 0 Å². The lowest BCUT2D eigenvalue weighted by molar-refractivity contribution is 0.0693. The average molecular weight is 329 g/mol. The molecule has 2 aromatic heterocycles. The van der Waals surface area contributed by atoms with Gasteiger partial charge in [0.15, 0.2) is 0 Å². The molecule has 1 fully saturated rings. The minimum Gasteiger partial charge on any atom is -0.481 e. The Bertz CT molecular complexity index is 716. The summed E-state index contributed by atoms with van der Waals surface area (Å²) < 4.78 is 5.13. The molecule has 0 saturated carbocycles. The van der Waals surface area contributed by atoms with Crippen molar-refractivity contribution in [2.24, 2.45) is 0 Å². The van der Waals surface area contributed by atoms with E-state index in [1.165, 1.54) is 0 Å². The lowest BCUT2D eigenvalue weighted by atomic mass is 10.1. The van der Waals surface area contributed by atoms with Crippen LogP contribution in [0.5, 0.6) is 5.88 Å². The number of carboxylic acid groups (broad SMARTS) is 1. The third kappa shape index (κ3) is 3.60. The molecule has 1 aliphatic heterocycles. The van der Waals surface area contributed by atoms with Crippen LogP contribution in [0.4, 0.5) is 5.95 Å². The van der Waals surface area contributed by atoms with Gasteiger partial charge in [0, 0.05) is 51.2 Å². The number of carboxylic acids is 1. The summed E-state index contributed by atoms with van der Waals surface area (Å²) in [6.07, 6.45) is 3.31. The fourth-order valence-corrected chi connectivity index (χ4v) is 2.67. The van der Waals surface area contributed by atoms with Crippen LogP contribution in [0, 0.1) is 0 Å². The van der Waals surface area contributed by atoms with E-state index in [9.17, 15) is 9.90 Å². The number of pyridine rings is 1. The number of anilines is 1. The van der Waals surface area contributed by atoms with Gasteiger partial charge in [0.2, 0.25) is 11.8 Å². The van der Waals surface area contributed by atoms with Crippen molar-refractivity contribution in [3.05, 3.63) is 41.9 Å².